The molecule has 0 bridgehead atoms. The highest BCUT2D eigenvalue weighted by atomic mass is 16.5. The molecule has 0 unspecified atom stereocenters. The minimum Gasteiger partial charge on any atom is -0.378 e. The van der Waals surface area contributed by atoms with Crippen molar-refractivity contribution < 1.29 is 9.53 Å². The first kappa shape index (κ1) is 12.8. The number of ether oxygens (including phenoxy) is 1. The Morgan fingerprint density at radius 2 is 2.00 bits per heavy atom. The molecule has 4 heteroatoms. The Bertz CT molecular complexity index is 236. The fourth-order valence-electron chi connectivity index (χ4n) is 2.19. The van der Waals surface area contributed by atoms with Crippen molar-refractivity contribution in [3.05, 3.63) is 0 Å². The van der Waals surface area contributed by atoms with Gasteiger partial charge in [-0.3, -0.25) is 4.79 Å². The van der Waals surface area contributed by atoms with E-state index in [9.17, 15) is 4.79 Å². The summed E-state index contributed by atoms with van der Waals surface area (Å²) in [5, 5.41) is 6.26. The Balaban J connectivity index is 1.44. The van der Waals surface area contributed by atoms with Crippen LogP contribution in [0.4, 0.5) is 0 Å². The van der Waals surface area contributed by atoms with Crippen LogP contribution in [-0.4, -0.2) is 38.3 Å². The van der Waals surface area contributed by atoms with Crippen LogP contribution in [0, 0.1) is 5.92 Å². The summed E-state index contributed by atoms with van der Waals surface area (Å²) in [4.78, 5) is 11.5. The zero-order valence-corrected chi connectivity index (χ0v) is 10.5. The summed E-state index contributed by atoms with van der Waals surface area (Å²) in [6.45, 7) is 3.49. The highest BCUT2D eigenvalue weighted by molar-refractivity contribution is 5.75. The second kappa shape index (κ2) is 6.97. The molecule has 2 fully saturated rings. The van der Waals surface area contributed by atoms with Gasteiger partial charge in [0.15, 0.2) is 0 Å². The van der Waals surface area contributed by atoms with Crippen LogP contribution in [-0.2, 0) is 9.53 Å². The van der Waals surface area contributed by atoms with E-state index in [1.54, 1.807) is 0 Å². The molecule has 4 nitrogen and oxygen atoms in total. The fraction of sp³-hybridized carbons (Fsp3) is 0.923. The summed E-state index contributed by atoms with van der Waals surface area (Å²) >= 11 is 0. The van der Waals surface area contributed by atoms with E-state index in [0.717, 1.165) is 44.8 Å². The molecule has 1 aliphatic heterocycles. The van der Waals surface area contributed by atoms with Crippen LogP contribution in [0.5, 0.6) is 0 Å². The maximum atomic E-state index is 11.5. The summed E-state index contributed by atoms with van der Waals surface area (Å²) in [5.74, 6) is 1.03. The highest BCUT2D eigenvalue weighted by Crippen LogP contribution is 2.31. The molecule has 0 aromatic rings. The number of rotatable bonds is 7. The van der Waals surface area contributed by atoms with Gasteiger partial charge in [-0.05, 0) is 38.3 Å². The van der Waals surface area contributed by atoms with Crippen molar-refractivity contribution >= 4 is 5.91 Å². The lowest BCUT2D eigenvalue weighted by Gasteiger charge is -2.22. The van der Waals surface area contributed by atoms with Crippen LogP contribution in [0.2, 0.25) is 0 Å². The monoisotopic (exact) mass is 240 g/mol. The van der Waals surface area contributed by atoms with Gasteiger partial charge in [-0.15, -0.1) is 0 Å². The van der Waals surface area contributed by atoms with Crippen LogP contribution in [0.1, 0.15) is 38.5 Å². The average Bonchev–Trinajstić information content (AvgIpc) is 3.14. The van der Waals surface area contributed by atoms with Crippen molar-refractivity contribution in [1.82, 2.24) is 10.6 Å². The standard InChI is InChI=1S/C13H24N2O2/c16-13(15-9-3-11-1-2-11)6-10-17-12-4-7-14-8-5-12/h11-12,14H,1-10H2,(H,15,16). The molecule has 1 aliphatic carbocycles. The third-order valence-corrected chi connectivity index (χ3v) is 3.54. The molecule has 0 aromatic carbocycles. The quantitative estimate of drug-likeness (QED) is 0.699. The smallest absolute Gasteiger partial charge is 0.222 e. The Morgan fingerprint density at radius 1 is 1.24 bits per heavy atom. The van der Waals surface area contributed by atoms with Crippen molar-refractivity contribution in [2.75, 3.05) is 26.2 Å². The minimum absolute atomic E-state index is 0.139. The molecule has 0 atom stereocenters. The van der Waals surface area contributed by atoms with E-state index in [0.29, 0.717) is 19.1 Å². The number of nitrogens with one attached hydrogen (secondary N) is 2. The number of hydrogen-bond donors (Lipinski definition) is 2. The second-order valence-corrected chi connectivity index (χ2v) is 5.15. The van der Waals surface area contributed by atoms with Crippen LogP contribution in [0.15, 0.2) is 0 Å². The summed E-state index contributed by atoms with van der Waals surface area (Å²) in [6, 6.07) is 0. The molecule has 98 valence electrons. The van der Waals surface area contributed by atoms with Crippen molar-refractivity contribution in [1.29, 1.82) is 0 Å². The molecular formula is C13H24N2O2. The second-order valence-electron chi connectivity index (χ2n) is 5.15. The van der Waals surface area contributed by atoms with E-state index < -0.39 is 0 Å². The summed E-state index contributed by atoms with van der Waals surface area (Å²) in [5.41, 5.74) is 0. The number of carbonyl (C=O) groups excluding carboxylic acids is 1. The van der Waals surface area contributed by atoms with E-state index in [1.807, 2.05) is 0 Å². The number of piperidine rings is 1. The van der Waals surface area contributed by atoms with Gasteiger partial charge >= 0.3 is 0 Å². The normalized spacial score (nSPS) is 21.4. The first-order valence-electron chi connectivity index (χ1n) is 6.93. The van der Waals surface area contributed by atoms with E-state index >= 15 is 0 Å². The van der Waals surface area contributed by atoms with Gasteiger partial charge in [0.1, 0.15) is 0 Å². The van der Waals surface area contributed by atoms with E-state index in [2.05, 4.69) is 10.6 Å². The zero-order valence-electron chi connectivity index (χ0n) is 10.5. The van der Waals surface area contributed by atoms with Gasteiger partial charge in [-0.2, -0.15) is 0 Å². The largest absolute Gasteiger partial charge is 0.378 e. The molecule has 1 saturated heterocycles. The van der Waals surface area contributed by atoms with Crippen LogP contribution in [0.3, 0.4) is 0 Å². The SMILES string of the molecule is O=C(CCOC1CCNCC1)NCCC1CC1. The van der Waals surface area contributed by atoms with Crippen LogP contribution >= 0.6 is 0 Å². The molecular weight excluding hydrogens is 216 g/mol. The summed E-state index contributed by atoms with van der Waals surface area (Å²) < 4.78 is 5.69. The van der Waals surface area contributed by atoms with Gasteiger partial charge < -0.3 is 15.4 Å². The first-order valence-corrected chi connectivity index (χ1v) is 6.93. The minimum atomic E-state index is 0.139. The molecule has 17 heavy (non-hydrogen) atoms. The lowest BCUT2D eigenvalue weighted by Crippen LogP contribution is -2.33. The fourth-order valence-corrected chi connectivity index (χ4v) is 2.19. The molecule has 1 amide bonds. The molecule has 0 spiro atoms. The number of carbonyl (C=O) groups is 1. The van der Waals surface area contributed by atoms with Crippen molar-refractivity contribution in [3.8, 4) is 0 Å². The molecule has 1 saturated carbocycles. The molecule has 1 heterocycles. The topological polar surface area (TPSA) is 50.4 Å². The highest BCUT2D eigenvalue weighted by Gasteiger charge is 2.20. The van der Waals surface area contributed by atoms with Gasteiger partial charge in [-0.25, -0.2) is 0 Å². The molecule has 0 aromatic heterocycles. The third kappa shape index (κ3) is 5.50. The van der Waals surface area contributed by atoms with Gasteiger partial charge in [-0.1, -0.05) is 12.8 Å². The van der Waals surface area contributed by atoms with Gasteiger partial charge in [0.05, 0.1) is 12.7 Å². The lowest BCUT2D eigenvalue weighted by atomic mass is 10.1. The number of amides is 1. The van der Waals surface area contributed by atoms with Crippen molar-refractivity contribution in [3.63, 3.8) is 0 Å². The molecule has 0 radical (unpaired) electrons. The summed E-state index contributed by atoms with van der Waals surface area (Å²) in [7, 11) is 0. The van der Waals surface area contributed by atoms with E-state index in [-0.39, 0.29) is 5.91 Å². The zero-order chi connectivity index (χ0) is 11.9. The molecule has 2 N–H and O–H groups in total. The third-order valence-electron chi connectivity index (χ3n) is 3.54. The van der Waals surface area contributed by atoms with Crippen molar-refractivity contribution in [2.24, 2.45) is 5.92 Å². The van der Waals surface area contributed by atoms with Crippen molar-refractivity contribution in [2.45, 2.75) is 44.6 Å². The number of hydrogen-bond acceptors (Lipinski definition) is 3. The Morgan fingerprint density at radius 3 is 2.71 bits per heavy atom. The maximum absolute atomic E-state index is 11.5. The van der Waals surface area contributed by atoms with Crippen LogP contribution in [0.25, 0.3) is 0 Å². The maximum Gasteiger partial charge on any atom is 0.222 e. The molecule has 2 rings (SSSR count). The molecule has 2 aliphatic rings. The predicted octanol–water partition coefficient (Wildman–Crippen LogP) is 1.06. The van der Waals surface area contributed by atoms with E-state index in [4.69, 9.17) is 4.74 Å². The Hall–Kier alpha value is -0.610. The van der Waals surface area contributed by atoms with E-state index in [1.165, 1.54) is 12.8 Å². The lowest BCUT2D eigenvalue weighted by molar-refractivity contribution is -0.122. The van der Waals surface area contributed by atoms with Crippen LogP contribution < -0.4 is 10.6 Å². The van der Waals surface area contributed by atoms with Gasteiger partial charge in [0, 0.05) is 13.0 Å². The van der Waals surface area contributed by atoms with Gasteiger partial charge in [0.25, 0.3) is 0 Å². The Kier molecular flexibility index (Phi) is 5.26. The Labute approximate surface area is 103 Å². The predicted molar refractivity (Wildman–Crippen MR) is 66.8 cm³/mol. The summed E-state index contributed by atoms with van der Waals surface area (Å²) in [6.07, 6.45) is 6.88. The first-order chi connectivity index (χ1) is 8.34. The van der Waals surface area contributed by atoms with Gasteiger partial charge in [0.2, 0.25) is 5.91 Å². The average molecular weight is 240 g/mol.